The minimum atomic E-state index is 0.341. The molecular weight excluding hydrogens is 284 g/mol. The van der Waals surface area contributed by atoms with Crippen LogP contribution in [0.3, 0.4) is 0 Å². The molecule has 0 bridgehead atoms. The SMILES string of the molecule is ClCc1ccc(Oc2ccccc2-c2ccccc2)nn1. The Morgan fingerprint density at radius 2 is 1.57 bits per heavy atom. The lowest BCUT2D eigenvalue weighted by molar-refractivity contribution is 0.456. The number of alkyl halides is 1. The molecule has 0 saturated heterocycles. The molecule has 0 aliphatic carbocycles. The summed E-state index contributed by atoms with van der Waals surface area (Å²) in [7, 11) is 0. The summed E-state index contributed by atoms with van der Waals surface area (Å²) < 4.78 is 5.85. The number of rotatable bonds is 4. The van der Waals surface area contributed by atoms with Gasteiger partial charge in [-0.15, -0.1) is 16.7 Å². The Hall–Kier alpha value is -2.39. The van der Waals surface area contributed by atoms with Crippen molar-refractivity contribution in [2.45, 2.75) is 5.88 Å². The molecule has 0 fully saturated rings. The fraction of sp³-hybridized carbons (Fsp3) is 0.0588. The zero-order valence-electron chi connectivity index (χ0n) is 11.2. The lowest BCUT2D eigenvalue weighted by atomic mass is 10.1. The molecule has 21 heavy (non-hydrogen) atoms. The molecule has 0 atom stereocenters. The standard InChI is InChI=1S/C17H13ClN2O/c18-12-14-10-11-17(20-19-14)21-16-9-5-4-8-15(16)13-6-2-1-3-7-13/h1-11H,12H2. The summed E-state index contributed by atoms with van der Waals surface area (Å²) in [5, 5.41) is 8.01. The van der Waals surface area contributed by atoms with Crippen LogP contribution in [0.25, 0.3) is 11.1 Å². The predicted octanol–water partition coefficient (Wildman–Crippen LogP) is 4.67. The third-order valence-electron chi connectivity index (χ3n) is 3.02. The topological polar surface area (TPSA) is 35.0 Å². The van der Waals surface area contributed by atoms with Crippen molar-refractivity contribution in [2.24, 2.45) is 0 Å². The number of hydrogen-bond donors (Lipinski definition) is 0. The first-order chi connectivity index (χ1) is 10.4. The lowest BCUT2D eigenvalue weighted by Crippen LogP contribution is -1.94. The van der Waals surface area contributed by atoms with E-state index in [0.717, 1.165) is 22.6 Å². The van der Waals surface area contributed by atoms with E-state index in [1.165, 1.54) is 0 Å². The Morgan fingerprint density at radius 3 is 2.29 bits per heavy atom. The van der Waals surface area contributed by atoms with Crippen LogP contribution < -0.4 is 4.74 Å². The fourth-order valence-electron chi connectivity index (χ4n) is 2.00. The lowest BCUT2D eigenvalue weighted by Gasteiger charge is -2.10. The van der Waals surface area contributed by atoms with Crippen molar-refractivity contribution in [3.63, 3.8) is 0 Å². The van der Waals surface area contributed by atoms with Crippen molar-refractivity contribution in [1.82, 2.24) is 10.2 Å². The summed E-state index contributed by atoms with van der Waals surface area (Å²) in [4.78, 5) is 0. The maximum absolute atomic E-state index is 5.85. The normalized spacial score (nSPS) is 10.3. The summed E-state index contributed by atoms with van der Waals surface area (Å²) >= 11 is 5.70. The maximum Gasteiger partial charge on any atom is 0.238 e. The van der Waals surface area contributed by atoms with Crippen LogP contribution in [0.15, 0.2) is 66.7 Å². The highest BCUT2D eigenvalue weighted by Gasteiger charge is 2.07. The molecule has 4 heteroatoms. The Labute approximate surface area is 128 Å². The number of aromatic nitrogens is 2. The van der Waals surface area contributed by atoms with Gasteiger partial charge in [0.2, 0.25) is 5.88 Å². The van der Waals surface area contributed by atoms with Gasteiger partial charge in [-0.1, -0.05) is 48.5 Å². The predicted molar refractivity (Wildman–Crippen MR) is 83.5 cm³/mol. The Balaban J connectivity index is 1.92. The first kappa shape index (κ1) is 13.6. The van der Waals surface area contributed by atoms with Gasteiger partial charge in [0.1, 0.15) is 5.75 Å². The van der Waals surface area contributed by atoms with Crippen molar-refractivity contribution in [1.29, 1.82) is 0 Å². The summed E-state index contributed by atoms with van der Waals surface area (Å²) in [6.45, 7) is 0. The van der Waals surface area contributed by atoms with E-state index in [2.05, 4.69) is 10.2 Å². The molecule has 104 valence electrons. The molecule has 1 aromatic heterocycles. The Morgan fingerprint density at radius 1 is 0.810 bits per heavy atom. The van der Waals surface area contributed by atoms with E-state index in [9.17, 15) is 0 Å². The van der Waals surface area contributed by atoms with Gasteiger partial charge >= 0.3 is 0 Å². The third-order valence-corrected chi connectivity index (χ3v) is 3.29. The van der Waals surface area contributed by atoms with Gasteiger partial charge in [0.25, 0.3) is 0 Å². The fourth-order valence-corrected chi connectivity index (χ4v) is 2.14. The third kappa shape index (κ3) is 3.20. The molecule has 3 nitrogen and oxygen atoms in total. The number of nitrogens with zero attached hydrogens (tertiary/aromatic N) is 2. The van der Waals surface area contributed by atoms with Gasteiger partial charge < -0.3 is 4.74 Å². The molecule has 0 radical (unpaired) electrons. The molecule has 0 amide bonds. The molecule has 0 N–H and O–H groups in total. The van der Waals surface area contributed by atoms with E-state index in [1.54, 1.807) is 12.1 Å². The van der Waals surface area contributed by atoms with Gasteiger partial charge in [-0.2, -0.15) is 5.10 Å². The highest BCUT2D eigenvalue weighted by molar-refractivity contribution is 6.16. The van der Waals surface area contributed by atoms with Crippen LogP contribution >= 0.6 is 11.6 Å². The van der Waals surface area contributed by atoms with Gasteiger partial charge in [0.15, 0.2) is 0 Å². The van der Waals surface area contributed by atoms with Gasteiger partial charge in [-0.25, -0.2) is 0 Å². The average molecular weight is 297 g/mol. The second-order valence-corrected chi connectivity index (χ2v) is 4.73. The number of para-hydroxylation sites is 1. The molecule has 0 spiro atoms. The van der Waals surface area contributed by atoms with Crippen LogP contribution in [0.2, 0.25) is 0 Å². The Bertz CT molecular complexity index is 714. The highest BCUT2D eigenvalue weighted by Crippen LogP contribution is 2.32. The van der Waals surface area contributed by atoms with Crippen LogP contribution in [-0.2, 0) is 5.88 Å². The molecule has 3 rings (SSSR count). The van der Waals surface area contributed by atoms with Crippen molar-refractivity contribution in [3.05, 3.63) is 72.4 Å². The first-order valence-corrected chi connectivity index (χ1v) is 7.11. The second kappa shape index (κ2) is 6.37. The highest BCUT2D eigenvalue weighted by atomic mass is 35.5. The van der Waals surface area contributed by atoms with Crippen molar-refractivity contribution >= 4 is 11.6 Å². The van der Waals surface area contributed by atoms with E-state index in [1.807, 2.05) is 54.6 Å². The van der Waals surface area contributed by atoms with E-state index >= 15 is 0 Å². The minimum absolute atomic E-state index is 0.341. The minimum Gasteiger partial charge on any atom is -0.437 e. The van der Waals surface area contributed by atoms with E-state index in [-0.39, 0.29) is 0 Å². The molecule has 0 aliphatic heterocycles. The van der Waals surface area contributed by atoms with Crippen molar-refractivity contribution < 1.29 is 4.74 Å². The first-order valence-electron chi connectivity index (χ1n) is 6.57. The zero-order valence-corrected chi connectivity index (χ0v) is 12.0. The average Bonchev–Trinajstić information content (AvgIpc) is 2.57. The molecule has 0 unspecified atom stereocenters. The summed E-state index contributed by atoms with van der Waals surface area (Å²) in [5.74, 6) is 1.54. The molecule has 0 saturated carbocycles. The zero-order chi connectivity index (χ0) is 14.5. The smallest absolute Gasteiger partial charge is 0.238 e. The summed E-state index contributed by atoms with van der Waals surface area (Å²) in [6.07, 6.45) is 0. The Kier molecular flexibility index (Phi) is 4.12. The summed E-state index contributed by atoms with van der Waals surface area (Å²) in [6, 6.07) is 21.5. The molecular formula is C17H13ClN2O. The van der Waals surface area contributed by atoms with E-state index < -0.39 is 0 Å². The maximum atomic E-state index is 5.85. The number of halogens is 1. The molecule has 2 aromatic carbocycles. The van der Waals surface area contributed by atoms with Gasteiger partial charge in [-0.3, -0.25) is 0 Å². The van der Waals surface area contributed by atoms with E-state index in [4.69, 9.17) is 16.3 Å². The quantitative estimate of drug-likeness (QED) is 0.656. The summed E-state index contributed by atoms with van der Waals surface area (Å²) in [5.41, 5.74) is 2.83. The van der Waals surface area contributed by atoms with Gasteiger partial charge in [-0.05, 0) is 17.7 Å². The molecule has 3 aromatic rings. The van der Waals surface area contributed by atoms with Gasteiger partial charge in [0, 0.05) is 11.6 Å². The second-order valence-electron chi connectivity index (χ2n) is 4.46. The van der Waals surface area contributed by atoms with Crippen LogP contribution in [0, 0.1) is 0 Å². The van der Waals surface area contributed by atoms with Crippen molar-refractivity contribution in [2.75, 3.05) is 0 Å². The number of ether oxygens (including phenoxy) is 1. The largest absolute Gasteiger partial charge is 0.437 e. The number of hydrogen-bond acceptors (Lipinski definition) is 3. The van der Waals surface area contributed by atoms with Crippen molar-refractivity contribution in [3.8, 4) is 22.8 Å². The van der Waals surface area contributed by atoms with Crippen LogP contribution in [-0.4, -0.2) is 10.2 Å². The number of benzene rings is 2. The van der Waals surface area contributed by atoms with Gasteiger partial charge in [0.05, 0.1) is 11.6 Å². The van der Waals surface area contributed by atoms with E-state index in [0.29, 0.717) is 11.8 Å². The van der Waals surface area contributed by atoms with Crippen LogP contribution in [0.1, 0.15) is 5.69 Å². The van der Waals surface area contributed by atoms with Crippen LogP contribution in [0.5, 0.6) is 11.6 Å². The van der Waals surface area contributed by atoms with Crippen LogP contribution in [0.4, 0.5) is 0 Å². The molecule has 1 heterocycles. The monoisotopic (exact) mass is 296 g/mol. The molecule has 0 aliphatic rings.